The van der Waals surface area contributed by atoms with Crippen molar-refractivity contribution in [3.8, 4) is 16.5 Å². The molecule has 1 amide bonds. The van der Waals surface area contributed by atoms with Crippen molar-refractivity contribution in [1.82, 2.24) is 34.3 Å². The minimum Gasteiger partial charge on any atom is -0.383 e. The van der Waals surface area contributed by atoms with Gasteiger partial charge in [-0.25, -0.2) is 15.0 Å². The summed E-state index contributed by atoms with van der Waals surface area (Å²) < 4.78 is 9.35. The van der Waals surface area contributed by atoms with Crippen molar-refractivity contribution in [2.75, 3.05) is 37.0 Å². The van der Waals surface area contributed by atoms with Gasteiger partial charge in [0, 0.05) is 43.7 Å². The Morgan fingerprint density at radius 1 is 1.24 bits per heavy atom. The van der Waals surface area contributed by atoms with Crippen molar-refractivity contribution in [3.63, 3.8) is 0 Å². The molecule has 4 aromatic heterocycles. The first-order valence-corrected chi connectivity index (χ1v) is 13.5. The van der Waals surface area contributed by atoms with Crippen LogP contribution < -0.4 is 10.2 Å². The minimum atomic E-state index is -0.323. The van der Waals surface area contributed by atoms with Crippen LogP contribution in [0.2, 0.25) is 0 Å². The van der Waals surface area contributed by atoms with E-state index in [9.17, 15) is 4.79 Å². The molecular formula is C25H29N9O2S. The van der Waals surface area contributed by atoms with E-state index in [0.29, 0.717) is 36.6 Å². The number of nitrogens with zero attached hydrogens (tertiary/aromatic N) is 8. The van der Waals surface area contributed by atoms with Crippen molar-refractivity contribution < 1.29 is 9.53 Å². The Hall–Kier alpha value is -3.64. The Balaban J connectivity index is 1.26. The highest BCUT2D eigenvalue weighted by atomic mass is 32.1. The van der Waals surface area contributed by atoms with Crippen LogP contribution in [0.1, 0.15) is 60.7 Å². The van der Waals surface area contributed by atoms with E-state index in [1.807, 2.05) is 22.3 Å². The van der Waals surface area contributed by atoms with Crippen LogP contribution in [0.4, 0.5) is 11.5 Å². The van der Waals surface area contributed by atoms with Crippen LogP contribution in [0.3, 0.4) is 0 Å². The molecule has 0 bridgehead atoms. The molecule has 6 rings (SSSR count). The van der Waals surface area contributed by atoms with E-state index >= 15 is 0 Å². The first kappa shape index (κ1) is 23.7. The van der Waals surface area contributed by atoms with Crippen molar-refractivity contribution >= 4 is 28.7 Å². The van der Waals surface area contributed by atoms with Crippen LogP contribution in [0, 0.1) is 0 Å². The highest BCUT2D eigenvalue weighted by Crippen LogP contribution is 2.40. The van der Waals surface area contributed by atoms with Crippen LogP contribution in [0.25, 0.3) is 16.5 Å². The molecule has 0 aliphatic heterocycles. The van der Waals surface area contributed by atoms with Gasteiger partial charge >= 0.3 is 0 Å². The molecule has 0 spiro atoms. The molecule has 11 nitrogen and oxygen atoms in total. The quantitative estimate of drug-likeness (QED) is 0.317. The lowest BCUT2D eigenvalue weighted by Gasteiger charge is -2.25. The molecule has 192 valence electrons. The zero-order valence-electron chi connectivity index (χ0n) is 20.9. The lowest BCUT2D eigenvalue weighted by molar-refractivity contribution is 0.102. The molecule has 37 heavy (non-hydrogen) atoms. The summed E-state index contributed by atoms with van der Waals surface area (Å²) in [6.07, 6.45) is 12.0. The van der Waals surface area contributed by atoms with E-state index in [2.05, 4.69) is 53.1 Å². The fourth-order valence-corrected chi connectivity index (χ4v) is 5.09. The topological polar surface area (TPSA) is 116 Å². The molecule has 0 unspecified atom stereocenters. The van der Waals surface area contributed by atoms with Gasteiger partial charge in [-0.05, 0) is 38.7 Å². The average molecular weight is 520 g/mol. The molecule has 0 aromatic carbocycles. The third-order valence-corrected chi connectivity index (χ3v) is 7.55. The number of rotatable bonds is 11. The number of amides is 1. The largest absolute Gasteiger partial charge is 0.383 e. The van der Waals surface area contributed by atoms with Gasteiger partial charge in [-0.15, -0.1) is 21.5 Å². The summed E-state index contributed by atoms with van der Waals surface area (Å²) in [5.74, 6) is 1.42. The third kappa shape index (κ3) is 4.98. The number of imidazole rings is 1. The number of nitrogens with one attached hydrogen (secondary N) is 1. The van der Waals surface area contributed by atoms with Gasteiger partial charge in [0.15, 0.2) is 10.8 Å². The number of methoxy groups -OCH3 is 1. The molecule has 2 saturated carbocycles. The Morgan fingerprint density at radius 2 is 2.11 bits per heavy atom. The summed E-state index contributed by atoms with van der Waals surface area (Å²) in [6.45, 7) is 4.17. The van der Waals surface area contributed by atoms with Gasteiger partial charge < -0.3 is 24.1 Å². The minimum absolute atomic E-state index is 0.305. The molecule has 4 heterocycles. The van der Waals surface area contributed by atoms with Crippen LogP contribution in [-0.2, 0) is 4.74 Å². The highest BCUT2D eigenvalue weighted by Gasteiger charge is 2.28. The summed E-state index contributed by atoms with van der Waals surface area (Å²) in [6, 6.07) is 2.26. The normalized spacial score (nSPS) is 15.2. The van der Waals surface area contributed by atoms with Crippen LogP contribution in [-0.4, -0.2) is 67.0 Å². The maximum atomic E-state index is 13.2. The molecule has 2 aliphatic rings. The van der Waals surface area contributed by atoms with E-state index in [1.54, 1.807) is 19.6 Å². The average Bonchev–Trinajstić information content (AvgIpc) is 3.79. The summed E-state index contributed by atoms with van der Waals surface area (Å²) in [7, 11) is 1.69. The number of carbonyl (C=O) groups excluding carboxylic acids is 1. The van der Waals surface area contributed by atoms with Crippen molar-refractivity contribution in [3.05, 3.63) is 47.9 Å². The predicted molar refractivity (Wildman–Crippen MR) is 140 cm³/mol. The molecule has 1 N–H and O–H groups in total. The third-order valence-electron chi connectivity index (χ3n) is 6.71. The smallest absolute Gasteiger partial charge is 0.275 e. The second-order valence-electron chi connectivity index (χ2n) is 9.40. The fourth-order valence-electron chi connectivity index (χ4n) is 4.35. The molecule has 0 atom stereocenters. The molecule has 2 aliphatic carbocycles. The molecule has 0 saturated heterocycles. The Labute approximate surface area is 218 Å². The van der Waals surface area contributed by atoms with E-state index < -0.39 is 0 Å². The van der Waals surface area contributed by atoms with Gasteiger partial charge in [0.25, 0.3) is 5.91 Å². The summed E-state index contributed by atoms with van der Waals surface area (Å²) >= 11 is 1.43. The van der Waals surface area contributed by atoms with Crippen LogP contribution >= 0.6 is 11.3 Å². The number of hydrogen-bond donors (Lipinski definition) is 1. The number of pyridine rings is 1. The maximum absolute atomic E-state index is 13.2. The van der Waals surface area contributed by atoms with Crippen molar-refractivity contribution in [2.24, 2.45) is 0 Å². The summed E-state index contributed by atoms with van der Waals surface area (Å²) in [4.78, 5) is 29.1. The Kier molecular flexibility index (Phi) is 6.43. The predicted octanol–water partition coefficient (Wildman–Crippen LogP) is 3.92. The standard InChI is InChI=1S/C25H29N9O2S/c1-3-32(8-9-36-2)21-11-26-18(10-20(21)33-12-19(27-14-33)16-4-5-16)24(35)29-22-13-37-25(30-22)23-31-28-15-34(23)17-6-7-17/h10-17H,3-9H2,1-2H3,(H,29,35). The molecule has 0 radical (unpaired) electrons. The number of carbonyl (C=O) groups is 1. The second kappa shape index (κ2) is 10.0. The van der Waals surface area contributed by atoms with Crippen LogP contribution in [0.15, 0.2) is 36.5 Å². The molecular weight excluding hydrogens is 490 g/mol. The first-order chi connectivity index (χ1) is 18.1. The number of aromatic nitrogens is 7. The van der Waals surface area contributed by atoms with E-state index in [4.69, 9.17) is 4.74 Å². The fraction of sp³-hybridized carbons (Fsp3) is 0.440. The second-order valence-corrected chi connectivity index (χ2v) is 10.3. The van der Waals surface area contributed by atoms with Gasteiger partial charge in [-0.2, -0.15) is 0 Å². The Morgan fingerprint density at radius 3 is 2.86 bits per heavy atom. The van der Waals surface area contributed by atoms with E-state index in [-0.39, 0.29) is 5.91 Å². The van der Waals surface area contributed by atoms with E-state index in [1.165, 1.54) is 24.2 Å². The number of likely N-dealkylation sites (N-methyl/N-ethyl adjacent to an activating group) is 1. The summed E-state index contributed by atoms with van der Waals surface area (Å²) in [5, 5.41) is 13.7. The lowest BCUT2D eigenvalue weighted by atomic mass is 10.2. The highest BCUT2D eigenvalue weighted by molar-refractivity contribution is 7.13. The van der Waals surface area contributed by atoms with E-state index in [0.717, 1.165) is 47.3 Å². The molecule has 4 aromatic rings. The van der Waals surface area contributed by atoms with Gasteiger partial charge in [-0.3, -0.25) is 4.79 Å². The van der Waals surface area contributed by atoms with Crippen LogP contribution in [0.5, 0.6) is 0 Å². The monoisotopic (exact) mass is 519 g/mol. The Bertz CT molecular complexity index is 1400. The van der Waals surface area contributed by atoms with Gasteiger partial charge in [0.05, 0.1) is 36.2 Å². The number of ether oxygens (including phenoxy) is 1. The number of hydrogen-bond acceptors (Lipinski definition) is 9. The van der Waals surface area contributed by atoms with Crippen molar-refractivity contribution in [1.29, 1.82) is 0 Å². The molecule has 12 heteroatoms. The zero-order chi connectivity index (χ0) is 25.4. The SMILES string of the molecule is CCN(CCOC)c1cnc(C(=O)Nc2csc(-c3nncn3C3CC3)n2)cc1-n1cnc(C2CC2)c1. The lowest BCUT2D eigenvalue weighted by Crippen LogP contribution is -2.28. The first-order valence-electron chi connectivity index (χ1n) is 12.6. The van der Waals surface area contributed by atoms with Gasteiger partial charge in [0.1, 0.15) is 17.8 Å². The number of anilines is 2. The van der Waals surface area contributed by atoms with Crippen molar-refractivity contribution in [2.45, 2.75) is 44.6 Å². The number of thiazole rings is 1. The van der Waals surface area contributed by atoms with Gasteiger partial charge in [0.2, 0.25) is 0 Å². The molecule has 2 fully saturated rings. The zero-order valence-corrected chi connectivity index (χ0v) is 21.7. The van der Waals surface area contributed by atoms with Gasteiger partial charge in [-0.1, -0.05) is 0 Å². The maximum Gasteiger partial charge on any atom is 0.275 e. The summed E-state index contributed by atoms with van der Waals surface area (Å²) in [5.41, 5.74) is 3.17.